The Labute approximate surface area is 84.3 Å². The topological polar surface area (TPSA) is 54.4 Å². The number of hydrogen-bond acceptors (Lipinski definition) is 2. The van der Waals surface area contributed by atoms with Gasteiger partial charge in [0.05, 0.1) is 5.56 Å². The molecule has 0 saturated carbocycles. The lowest BCUT2D eigenvalue weighted by Gasteiger charge is -2.11. The van der Waals surface area contributed by atoms with E-state index in [-0.39, 0.29) is 5.56 Å². The number of aryl methyl sites for hydroxylation is 1. The molecule has 3 nitrogen and oxygen atoms in total. The third kappa shape index (κ3) is 2.69. The van der Waals surface area contributed by atoms with Crippen molar-refractivity contribution in [2.24, 2.45) is 0 Å². The van der Waals surface area contributed by atoms with Gasteiger partial charge >= 0.3 is 6.18 Å². The molecule has 1 aromatic rings. The minimum atomic E-state index is -4.85. The average molecular weight is 240 g/mol. The highest BCUT2D eigenvalue weighted by molar-refractivity contribution is 7.85. The van der Waals surface area contributed by atoms with Gasteiger partial charge in [-0.05, 0) is 19.1 Å². The summed E-state index contributed by atoms with van der Waals surface area (Å²) in [6.45, 7) is 1.39. The standard InChI is InChI=1S/C8H7F3O3S/c1-5-2-3-7(15(12,13)14)6(4-5)8(9,10)11/h2-4H,1H3,(H,12,13,14). The molecule has 0 saturated heterocycles. The van der Waals surface area contributed by atoms with Crippen LogP contribution in [0.15, 0.2) is 23.1 Å². The second-order valence-electron chi connectivity index (χ2n) is 2.97. The maximum Gasteiger partial charge on any atom is 0.417 e. The van der Waals surface area contributed by atoms with Crippen LogP contribution in [0, 0.1) is 6.92 Å². The van der Waals surface area contributed by atoms with Crippen LogP contribution in [-0.4, -0.2) is 13.0 Å². The van der Waals surface area contributed by atoms with Crippen molar-refractivity contribution in [1.82, 2.24) is 0 Å². The molecule has 7 heteroatoms. The van der Waals surface area contributed by atoms with E-state index in [2.05, 4.69) is 0 Å². The molecule has 1 N–H and O–H groups in total. The molecule has 0 fully saturated rings. The molecule has 0 aliphatic rings. The zero-order chi connectivity index (χ0) is 11.9. The number of alkyl halides is 3. The van der Waals surface area contributed by atoms with E-state index in [1.807, 2.05) is 0 Å². The smallest absolute Gasteiger partial charge is 0.282 e. The van der Waals surface area contributed by atoms with Gasteiger partial charge in [-0.2, -0.15) is 21.6 Å². The predicted molar refractivity (Wildman–Crippen MR) is 46.0 cm³/mol. The van der Waals surface area contributed by atoms with Crippen molar-refractivity contribution in [2.45, 2.75) is 18.0 Å². The van der Waals surface area contributed by atoms with Crippen molar-refractivity contribution >= 4 is 10.1 Å². The van der Waals surface area contributed by atoms with Crippen LogP contribution in [0.5, 0.6) is 0 Å². The maximum atomic E-state index is 12.4. The summed E-state index contributed by atoms with van der Waals surface area (Å²) in [6, 6.07) is 2.58. The zero-order valence-corrected chi connectivity index (χ0v) is 8.35. The van der Waals surface area contributed by atoms with Gasteiger partial charge in [0, 0.05) is 0 Å². The van der Waals surface area contributed by atoms with Gasteiger partial charge in [-0.25, -0.2) is 0 Å². The molecule has 0 radical (unpaired) electrons. The first-order chi connectivity index (χ1) is 6.62. The Morgan fingerprint density at radius 3 is 2.20 bits per heavy atom. The second-order valence-corrected chi connectivity index (χ2v) is 4.36. The Hall–Kier alpha value is -1.08. The Balaban J connectivity index is 3.55. The van der Waals surface area contributed by atoms with E-state index in [1.54, 1.807) is 0 Å². The van der Waals surface area contributed by atoms with Crippen LogP contribution in [-0.2, 0) is 16.3 Å². The zero-order valence-electron chi connectivity index (χ0n) is 7.54. The van der Waals surface area contributed by atoms with Gasteiger partial charge in [0.25, 0.3) is 10.1 Å². The number of halogens is 3. The second kappa shape index (κ2) is 3.49. The highest BCUT2D eigenvalue weighted by Crippen LogP contribution is 2.34. The summed E-state index contributed by atoms with van der Waals surface area (Å²) >= 11 is 0. The average Bonchev–Trinajstić information content (AvgIpc) is 2.00. The summed E-state index contributed by atoms with van der Waals surface area (Å²) in [5.41, 5.74) is -1.10. The fraction of sp³-hybridized carbons (Fsp3) is 0.250. The Kier molecular flexibility index (Phi) is 2.79. The SMILES string of the molecule is Cc1ccc(S(=O)(=O)O)c(C(F)(F)F)c1. The number of benzene rings is 1. The third-order valence-corrected chi connectivity index (χ3v) is 2.63. The lowest BCUT2D eigenvalue weighted by atomic mass is 10.1. The molecule has 0 amide bonds. The van der Waals surface area contributed by atoms with Crippen LogP contribution in [0.2, 0.25) is 0 Å². The van der Waals surface area contributed by atoms with Crippen LogP contribution >= 0.6 is 0 Å². The molecule has 15 heavy (non-hydrogen) atoms. The number of rotatable bonds is 1. The normalized spacial score (nSPS) is 12.9. The van der Waals surface area contributed by atoms with E-state index >= 15 is 0 Å². The van der Waals surface area contributed by atoms with E-state index in [9.17, 15) is 21.6 Å². The van der Waals surface area contributed by atoms with E-state index in [4.69, 9.17) is 4.55 Å². The lowest BCUT2D eigenvalue weighted by Crippen LogP contribution is -2.12. The first kappa shape index (κ1) is 12.0. The highest BCUT2D eigenvalue weighted by Gasteiger charge is 2.36. The van der Waals surface area contributed by atoms with Crippen LogP contribution in [0.4, 0.5) is 13.2 Å². The van der Waals surface area contributed by atoms with Crippen LogP contribution in [0.1, 0.15) is 11.1 Å². The van der Waals surface area contributed by atoms with Gasteiger partial charge in [0.2, 0.25) is 0 Å². The van der Waals surface area contributed by atoms with Gasteiger partial charge < -0.3 is 0 Å². The van der Waals surface area contributed by atoms with Crippen molar-refractivity contribution in [3.63, 3.8) is 0 Å². The van der Waals surface area contributed by atoms with Crippen molar-refractivity contribution in [3.8, 4) is 0 Å². The van der Waals surface area contributed by atoms with Gasteiger partial charge in [-0.1, -0.05) is 11.6 Å². The molecule has 0 aliphatic heterocycles. The largest absolute Gasteiger partial charge is 0.417 e. The molecule has 0 spiro atoms. The molecule has 0 heterocycles. The fourth-order valence-electron chi connectivity index (χ4n) is 1.09. The van der Waals surface area contributed by atoms with Crippen molar-refractivity contribution < 1.29 is 26.1 Å². The van der Waals surface area contributed by atoms with E-state index in [1.165, 1.54) is 13.0 Å². The summed E-state index contributed by atoms with van der Waals surface area (Å²) in [6.07, 6.45) is -4.81. The molecular formula is C8H7F3O3S. The predicted octanol–water partition coefficient (Wildman–Crippen LogP) is 2.26. The molecule has 1 aromatic carbocycles. The maximum absolute atomic E-state index is 12.4. The minimum absolute atomic E-state index is 0.259. The summed E-state index contributed by atoms with van der Waals surface area (Å²) in [7, 11) is -4.85. The molecule has 0 aromatic heterocycles. The monoisotopic (exact) mass is 240 g/mol. The first-order valence-corrected chi connectivity index (χ1v) is 5.22. The Morgan fingerprint density at radius 2 is 1.80 bits per heavy atom. The Bertz CT molecular complexity index is 476. The van der Waals surface area contributed by atoms with E-state index < -0.39 is 26.8 Å². The van der Waals surface area contributed by atoms with Gasteiger partial charge in [0.1, 0.15) is 4.90 Å². The molecule has 84 valence electrons. The summed E-state index contributed by atoms with van der Waals surface area (Å²) < 4.78 is 67.1. The molecule has 0 aliphatic carbocycles. The third-order valence-electron chi connectivity index (χ3n) is 1.72. The molecule has 0 unspecified atom stereocenters. The van der Waals surface area contributed by atoms with E-state index in [0.29, 0.717) is 6.07 Å². The van der Waals surface area contributed by atoms with Crippen molar-refractivity contribution in [2.75, 3.05) is 0 Å². The fourth-order valence-corrected chi connectivity index (χ4v) is 1.78. The molecule has 1 rings (SSSR count). The molecule has 0 bridgehead atoms. The van der Waals surface area contributed by atoms with Gasteiger partial charge in [-0.15, -0.1) is 0 Å². The van der Waals surface area contributed by atoms with E-state index in [0.717, 1.165) is 6.07 Å². The van der Waals surface area contributed by atoms with Crippen LogP contribution < -0.4 is 0 Å². The molecular weight excluding hydrogens is 233 g/mol. The lowest BCUT2D eigenvalue weighted by molar-refractivity contribution is -0.140. The minimum Gasteiger partial charge on any atom is -0.282 e. The first-order valence-electron chi connectivity index (χ1n) is 3.78. The Morgan fingerprint density at radius 1 is 1.27 bits per heavy atom. The highest BCUT2D eigenvalue weighted by atomic mass is 32.2. The molecule has 0 atom stereocenters. The summed E-state index contributed by atoms with van der Waals surface area (Å²) in [5, 5.41) is 0. The van der Waals surface area contributed by atoms with Crippen LogP contribution in [0.25, 0.3) is 0 Å². The van der Waals surface area contributed by atoms with Gasteiger partial charge in [0.15, 0.2) is 0 Å². The summed E-state index contributed by atoms with van der Waals surface area (Å²) in [4.78, 5) is -1.12. The van der Waals surface area contributed by atoms with Gasteiger partial charge in [-0.3, -0.25) is 4.55 Å². The van der Waals surface area contributed by atoms with Crippen LogP contribution in [0.3, 0.4) is 0 Å². The quantitative estimate of drug-likeness (QED) is 0.766. The summed E-state index contributed by atoms with van der Waals surface area (Å²) in [5.74, 6) is 0. The number of hydrogen-bond donors (Lipinski definition) is 1. The van der Waals surface area contributed by atoms with Crippen molar-refractivity contribution in [1.29, 1.82) is 0 Å². The van der Waals surface area contributed by atoms with Crippen molar-refractivity contribution in [3.05, 3.63) is 29.3 Å².